The zero-order valence-corrected chi connectivity index (χ0v) is 14.5. The maximum Gasteiger partial charge on any atom is 0.228 e. The number of carbonyl (C=O) groups is 1. The first-order valence-corrected chi connectivity index (χ1v) is 9.08. The maximum atomic E-state index is 12.5. The van der Waals surface area contributed by atoms with E-state index in [2.05, 4.69) is 41.1 Å². The molecule has 1 amide bonds. The van der Waals surface area contributed by atoms with Crippen LogP contribution in [0.4, 0.5) is 5.69 Å². The maximum absolute atomic E-state index is 12.5. The van der Waals surface area contributed by atoms with Crippen molar-refractivity contribution in [2.45, 2.75) is 13.3 Å². The Kier molecular flexibility index (Phi) is 3.98. The number of carbonyl (C=O) groups excluding carboxylic acids is 1. The summed E-state index contributed by atoms with van der Waals surface area (Å²) in [6, 6.07) is 8.43. The van der Waals surface area contributed by atoms with E-state index in [-0.39, 0.29) is 5.91 Å². The van der Waals surface area contributed by atoms with E-state index in [1.165, 1.54) is 11.3 Å². The summed E-state index contributed by atoms with van der Waals surface area (Å²) < 4.78 is 1.98. The number of hydrogen-bond acceptors (Lipinski definition) is 4. The van der Waals surface area contributed by atoms with Crippen LogP contribution in [0.1, 0.15) is 11.3 Å². The van der Waals surface area contributed by atoms with Crippen LogP contribution in [0.2, 0.25) is 0 Å². The molecule has 124 valence electrons. The Balaban J connectivity index is 1.37. The van der Waals surface area contributed by atoms with Crippen LogP contribution in [-0.4, -0.2) is 46.4 Å². The van der Waals surface area contributed by atoms with Crippen LogP contribution in [-0.2, 0) is 11.2 Å². The van der Waals surface area contributed by atoms with E-state index >= 15 is 0 Å². The van der Waals surface area contributed by atoms with Gasteiger partial charge in [0.2, 0.25) is 5.91 Å². The molecule has 4 rings (SSSR count). The van der Waals surface area contributed by atoms with Crippen LogP contribution in [0.5, 0.6) is 0 Å². The topological polar surface area (TPSA) is 40.9 Å². The van der Waals surface area contributed by atoms with Crippen LogP contribution in [0.25, 0.3) is 4.96 Å². The lowest BCUT2D eigenvalue weighted by atomic mass is 10.1. The average Bonchev–Trinajstić information content (AvgIpc) is 3.17. The fourth-order valence-electron chi connectivity index (χ4n) is 3.24. The number of benzene rings is 1. The highest BCUT2D eigenvalue weighted by Crippen LogP contribution is 2.21. The molecule has 0 bridgehead atoms. The van der Waals surface area contributed by atoms with Crippen LogP contribution >= 0.6 is 11.3 Å². The number of thiazole rings is 1. The summed E-state index contributed by atoms with van der Waals surface area (Å²) in [5.41, 5.74) is 3.42. The predicted molar refractivity (Wildman–Crippen MR) is 96.7 cm³/mol. The molecule has 5 nitrogen and oxygen atoms in total. The predicted octanol–water partition coefficient (Wildman–Crippen LogP) is 2.60. The largest absolute Gasteiger partial charge is 0.368 e. The summed E-state index contributed by atoms with van der Waals surface area (Å²) in [6.45, 7) is 5.45. The number of anilines is 1. The second-order valence-electron chi connectivity index (χ2n) is 6.16. The van der Waals surface area contributed by atoms with Crippen LogP contribution in [0.15, 0.2) is 42.0 Å². The van der Waals surface area contributed by atoms with E-state index in [1.54, 1.807) is 11.3 Å². The number of aryl methyl sites for hydroxylation is 1. The number of nitrogens with zero attached hydrogens (tertiary/aromatic N) is 4. The molecule has 1 aliphatic rings. The highest BCUT2D eigenvalue weighted by molar-refractivity contribution is 7.15. The molecular weight excluding hydrogens is 320 g/mol. The first-order valence-electron chi connectivity index (χ1n) is 8.20. The number of amides is 1. The first kappa shape index (κ1) is 15.2. The van der Waals surface area contributed by atoms with Gasteiger partial charge in [-0.15, -0.1) is 11.3 Å². The molecule has 1 saturated heterocycles. The van der Waals surface area contributed by atoms with E-state index < -0.39 is 0 Å². The van der Waals surface area contributed by atoms with Gasteiger partial charge in [-0.05, 0) is 18.6 Å². The summed E-state index contributed by atoms with van der Waals surface area (Å²) in [5.74, 6) is 0.171. The Hall–Kier alpha value is -2.34. The summed E-state index contributed by atoms with van der Waals surface area (Å²) >= 11 is 1.59. The van der Waals surface area contributed by atoms with E-state index in [4.69, 9.17) is 0 Å². The molecular formula is C18H20N4OS. The molecule has 0 saturated carbocycles. The highest BCUT2D eigenvalue weighted by Gasteiger charge is 2.22. The number of aromatic nitrogens is 2. The molecule has 0 spiro atoms. The van der Waals surface area contributed by atoms with Crippen molar-refractivity contribution in [2.24, 2.45) is 0 Å². The van der Waals surface area contributed by atoms with Crippen molar-refractivity contribution < 1.29 is 4.79 Å². The van der Waals surface area contributed by atoms with Gasteiger partial charge in [0.15, 0.2) is 4.96 Å². The smallest absolute Gasteiger partial charge is 0.228 e. The standard InChI is InChI=1S/C18H20N4OS/c1-14-4-2-3-5-16(14)20-6-8-21(9-7-20)17(23)12-15-13-22-10-11-24-18(22)19-15/h2-5,10-11,13H,6-9,12H2,1H3. The zero-order chi connectivity index (χ0) is 16.5. The summed E-state index contributed by atoms with van der Waals surface area (Å²) in [4.78, 5) is 22.3. The molecule has 0 atom stereocenters. The highest BCUT2D eigenvalue weighted by atomic mass is 32.1. The minimum Gasteiger partial charge on any atom is -0.368 e. The summed E-state index contributed by atoms with van der Waals surface area (Å²) in [6.07, 6.45) is 4.31. The number of hydrogen-bond donors (Lipinski definition) is 0. The van der Waals surface area contributed by atoms with Gasteiger partial charge in [0.05, 0.1) is 12.1 Å². The van der Waals surface area contributed by atoms with Crippen molar-refractivity contribution in [3.8, 4) is 0 Å². The number of imidazole rings is 1. The number of piperazine rings is 1. The minimum absolute atomic E-state index is 0.171. The van der Waals surface area contributed by atoms with Crippen molar-refractivity contribution in [1.82, 2.24) is 14.3 Å². The minimum atomic E-state index is 0.171. The normalized spacial score (nSPS) is 15.2. The quantitative estimate of drug-likeness (QED) is 0.736. The van der Waals surface area contributed by atoms with Gasteiger partial charge in [0.25, 0.3) is 0 Å². The molecule has 6 heteroatoms. The number of rotatable bonds is 3. The van der Waals surface area contributed by atoms with Crippen LogP contribution < -0.4 is 4.90 Å². The summed E-state index contributed by atoms with van der Waals surface area (Å²) in [5, 5.41) is 2.00. The van der Waals surface area contributed by atoms with E-state index in [9.17, 15) is 4.79 Å². The molecule has 1 fully saturated rings. The third-order valence-corrected chi connectivity index (χ3v) is 5.33. The van der Waals surface area contributed by atoms with Crippen LogP contribution in [0, 0.1) is 6.92 Å². The van der Waals surface area contributed by atoms with Gasteiger partial charge in [-0.3, -0.25) is 9.20 Å². The van der Waals surface area contributed by atoms with Crippen molar-refractivity contribution in [2.75, 3.05) is 31.1 Å². The Labute approximate surface area is 145 Å². The molecule has 3 aromatic rings. The number of para-hydroxylation sites is 1. The molecule has 1 aromatic carbocycles. The fraction of sp³-hybridized carbons (Fsp3) is 0.333. The SMILES string of the molecule is Cc1ccccc1N1CCN(C(=O)Cc2cn3ccsc3n2)CC1. The Morgan fingerprint density at radius 3 is 2.75 bits per heavy atom. The van der Waals surface area contributed by atoms with Crippen LogP contribution in [0.3, 0.4) is 0 Å². The van der Waals surface area contributed by atoms with Gasteiger partial charge in [0, 0.05) is 49.6 Å². The van der Waals surface area contributed by atoms with Gasteiger partial charge in [-0.2, -0.15) is 0 Å². The molecule has 0 radical (unpaired) electrons. The van der Waals surface area contributed by atoms with E-state index in [1.807, 2.05) is 27.1 Å². The van der Waals surface area contributed by atoms with Crippen molar-refractivity contribution in [3.63, 3.8) is 0 Å². The lowest BCUT2D eigenvalue weighted by molar-refractivity contribution is -0.130. The first-order chi connectivity index (χ1) is 11.7. The van der Waals surface area contributed by atoms with Gasteiger partial charge in [0.1, 0.15) is 0 Å². The number of fused-ring (bicyclic) bond motifs is 1. The monoisotopic (exact) mass is 340 g/mol. The third-order valence-electron chi connectivity index (χ3n) is 4.56. The molecule has 1 aliphatic heterocycles. The van der Waals surface area contributed by atoms with Gasteiger partial charge >= 0.3 is 0 Å². The van der Waals surface area contributed by atoms with Gasteiger partial charge < -0.3 is 9.80 Å². The van der Waals surface area contributed by atoms with Crippen molar-refractivity contribution in [1.29, 1.82) is 0 Å². The lowest BCUT2D eigenvalue weighted by Gasteiger charge is -2.36. The Morgan fingerprint density at radius 2 is 2.00 bits per heavy atom. The van der Waals surface area contributed by atoms with E-state index in [0.717, 1.165) is 36.8 Å². The molecule has 24 heavy (non-hydrogen) atoms. The van der Waals surface area contributed by atoms with Crippen molar-refractivity contribution >= 4 is 27.9 Å². The molecule has 0 aliphatic carbocycles. The molecule has 0 unspecified atom stereocenters. The van der Waals surface area contributed by atoms with Crippen molar-refractivity contribution in [3.05, 3.63) is 53.3 Å². The van der Waals surface area contributed by atoms with Gasteiger partial charge in [-0.25, -0.2) is 4.98 Å². The van der Waals surface area contributed by atoms with Gasteiger partial charge in [-0.1, -0.05) is 18.2 Å². The second-order valence-corrected chi connectivity index (χ2v) is 7.03. The zero-order valence-electron chi connectivity index (χ0n) is 13.7. The average molecular weight is 340 g/mol. The lowest BCUT2D eigenvalue weighted by Crippen LogP contribution is -2.49. The molecule has 3 heterocycles. The fourth-order valence-corrected chi connectivity index (χ4v) is 3.96. The second kappa shape index (κ2) is 6.28. The Bertz CT molecular complexity index is 832. The molecule has 0 N–H and O–H groups in total. The molecule has 2 aromatic heterocycles. The summed E-state index contributed by atoms with van der Waals surface area (Å²) in [7, 11) is 0. The van der Waals surface area contributed by atoms with E-state index in [0.29, 0.717) is 6.42 Å². The third kappa shape index (κ3) is 2.89. The Morgan fingerprint density at radius 1 is 1.21 bits per heavy atom.